The van der Waals surface area contributed by atoms with E-state index in [1.165, 1.54) is 17.3 Å². The highest BCUT2D eigenvalue weighted by atomic mass is 16.5. The average molecular weight is 331 g/mol. The molecule has 1 atom stereocenters. The number of nitrogens with zero attached hydrogens (tertiary/aromatic N) is 1. The Kier molecular flexibility index (Phi) is 3.20. The van der Waals surface area contributed by atoms with Gasteiger partial charge in [0.2, 0.25) is 5.72 Å². The first-order chi connectivity index (χ1) is 11.9. The molecule has 2 aromatic carbocycles. The van der Waals surface area contributed by atoms with Crippen molar-refractivity contribution in [1.82, 2.24) is 0 Å². The molecule has 25 heavy (non-hydrogen) atoms. The number of ketones is 1. The minimum Gasteiger partial charge on any atom is -0.463 e. The lowest BCUT2D eigenvalue weighted by atomic mass is 9.76. The summed E-state index contributed by atoms with van der Waals surface area (Å²) in [4.78, 5) is 14.1. The third-order valence-corrected chi connectivity index (χ3v) is 5.57. The summed E-state index contributed by atoms with van der Waals surface area (Å²) in [5, 5.41) is 0. The van der Waals surface area contributed by atoms with Crippen molar-refractivity contribution in [3.8, 4) is 5.75 Å². The zero-order valence-corrected chi connectivity index (χ0v) is 14.7. The van der Waals surface area contributed by atoms with Crippen molar-refractivity contribution in [2.75, 3.05) is 11.9 Å². The lowest BCUT2D eigenvalue weighted by molar-refractivity contribution is 0.0581. The zero-order valence-electron chi connectivity index (χ0n) is 14.7. The maximum Gasteiger partial charge on any atom is 0.211 e. The van der Waals surface area contributed by atoms with Gasteiger partial charge in [0.25, 0.3) is 0 Å². The van der Waals surface area contributed by atoms with E-state index in [4.69, 9.17) is 4.74 Å². The van der Waals surface area contributed by atoms with Gasteiger partial charge in [0, 0.05) is 23.9 Å². The first-order valence-corrected chi connectivity index (χ1v) is 8.43. The summed E-state index contributed by atoms with van der Waals surface area (Å²) in [7, 11) is 2.07. The minimum absolute atomic E-state index is 0.0813. The molecule has 3 heteroatoms. The molecule has 0 amide bonds. The second-order valence-electron chi connectivity index (χ2n) is 7.15. The van der Waals surface area contributed by atoms with Gasteiger partial charge in [-0.25, -0.2) is 0 Å². The molecule has 2 aromatic rings. The molecule has 4 rings (SSSR count). The van der Waals surface area contributed by atoms with Gasteiger partial charge in [-0.15, -0.1) is 0 Å². The molecule has 0 radical (unpaired) electrons. The fraction of sp³-hybridized carbons (Fsp3) is 0.227. The fourth-order valence-corrected chi connectivity index (χ4v) is 4.05. The number of allylic oxidation sites excluding steroid dienone is 1. The molecular weight excluding hydrogens is 310 g/mol. The number of fused-ring (bicyclic) bond motifs is 2. The normalized spacial score (nSPS) is 22.3. The van der Waals surface area contributed by atoms with E-state index >= 15 is 0 Å². The van der Waals surface area contributed by atoms with Crippen LogP contribution in [0, 0.1) is 0 Å². The van der Waals surface area contributed by atoms with Crippen LogP contribution < -0.4 is 9.64 Å². The number of ether oxygens (including phenoxy) is 1. The van der Waals surface area contributed by atoms with Gasteiger partial charge in [-0.2, -0.15) is 0 Å². The lowest BCUT2D eigenvalue weighted by Gasteiger charge is -2.45. The second kappa shape index (κ2) is 5.09. The van der Waals surface area contributed by atoms with Gasteiger partial charge >= 0.3 is 0 Å². The number of benzene rings is 2. The molecule has 126 valence electrons. The molecule has 0 aromatic heterocycles. The van der Waals surface area contributed by atoms with Crippen LogP contribution in [0.1, 0.15) is 35.3 Å². The lowest BCUT2D eigenvalue weighted by Crippen LogP contribution is -2.58. The average Bonchev–Trinajstić information content (AvgIpc) is 2.80. The Labute approximate surface area is 148 Å². The summed E-state index contributed by atoms with van der Waals surface area (Å²) in [6, 6.07) is 14.0. The van der Waals surface area contributed by atoms with Gasteiger partial charge in [-0.1, -0.05) is 24.8 Å². The molecule has 0 saturated carbocycles. The third-order valence-electron chi connectivity index (χ3n) is 5.57. The van der Waals surface area contributed by atoms with E-state index in [0.717, 1.165) is 11.3 Å². The molecule has 3 nitrogen and oxygen atoms in total. The quantitative estimate of drug-likeness (QED) is 0.596. The molecule has 1 unspecified atom stereocenters. The molecule has 0 bridgehead atoms. The van der Waals surface area contributed by atoms with Crippen molar-refractivity contribution in [2.45, 2.75) is 25.0 Å². The van der Waals surface area contributed by atoms with Crippen molar-refractivity contribution in [3.05, 3.63) is 77.9 Å². The van der Waals surface area contributed by atoms with E-state index in [1.54, 1.807) is 6.07 Å². The molecule has 1 spiro atoms. The molecule has 0 saturated heterocycles. The smallest absolute Gasteiger partial charge is 0.211 e. The number of carbonyl (C=O) groups excluding carboxylic acids is 1. The molecule has 0 fully saturated rings. The SMILES string of the molecule is C=CC(=O)c1ccc2c(c1)C=CC1(O2)N(C)c2ccccc2C1(C)C. The van der Waals surface area contributed by atoms with Crippen LogP contribution in [0.25, 0.3) is 6.08 Å². The Morgan fingerprint density at radius 3 is 2.68 bits per heavy atom. The molecular formula is C22H21NO2. The molecule has 2 aliphatic rings. The Balaban J connectivity index is 1.82. The van der Waals surface area contributed by atoms with Gasteiger partial charge in [-0.3, -0.25) is 4.79 Å². The van der Waals surface area contributed by atoms with E-state index in [-0.39, 0.29) is 11.2 Å². The standard InChI is InChI=1S/C22H21NO2/c1-5-19(24)15-10-11-20-16(14-15)12-13-22(25-20)21(2,3)17-8-6-7-9-18(17)23(22)4/h5-14H,1H2,2-4H3. The van der Waals surface area contributed by atoms with Crippen molar-refractivity contribution >= 4 is 17.5 Å². The highest BCUT2D eigenvalue weighted by Crippen LogP contribution is 2.54. The third kappa shape index (κ3) is 1.95. The first kappa shape index (κ1) is 15.7. The minimum atomic E-state index is -0.590. The van der Waals surface area contributed by atoms with Crippen molar-refractivity contribution < 1.29 is 9.53 Å². The van der Waals surface area contributed by atoms with Crippen LogP contribution in [0.2, 0.25) is 0 Å². The monoisotopic (exact) mass is 331 g/mol. The van der Waals surface area contributed by atoms with Crippen LogP contribution >= 0.6 is 0 Å². The Morgan fingerprint density at radius 2 is 1.96 bits per heavy atom. The number of hydrogen-bond acceptors (Lipinski definition) is 3. The summed E-state index contributed by atoms with van der Waals surface area (Å²) >= 11 is 0. The van der Waals surface area contributed by atoms with Gasteiger partial charge in [-0.05, 0) is 61.9 Å². The topological polar surface area (TPSA) is 29.5 Å². The zero-order chi connectivity index (χ0) is 17.8. The largest absolute Gasteiger partial charge is 0.463 e. The summed E-state index contributed by atoms with van der Waals surface area (Å²) in [6.07, 6.45) is 5.50. The van der Waals surface area contributed by atoms with Crippen LogP contribution in [0.15, 0.2) is 61.2 Å². The number of likely N-dealkylation sites (N-methyl/N-ethyl adjacent to an activating group) is 1. The maximum atomic E-state index is 11.9. The molecule has 2 aliphatic heterocycles. The maximum absolute atomic E-state index is 11.9. The first-order valence-electron chi connectivity index (χ1n) is 8.43. The predicted octanol–water partition coefficient (Wildman–Crippen LogP) is 4.58. The predicted molar refractivity (Wildman–Crippen MR) is 101 cm³/mol. The summed E-state index contributed by atoms with van der Waals surface area (Å²) in [6.45, 7) is 7.97. The Morgan fingerprint density at radius 1 is 1.20 bits per heavy atom. The van der Waals surface area contributed by atoms with Crippen molar-refractivity contribution in [3.63, 3.8) is 0 Å². The van der Waals surface area contributed by atoms with E-state index in [0.29, 0.717) is 5.56 Å². The number of carbonyl (C=O) groups is 1. The van der Waals surface area contributed by atoms with E-state index < -0.39 is 5.72 Å². The van der Waals surface area contributed by atoms with Crippen LogP contribution in [-0.4, -0.2) is 18.6 Å². The van der Waals surface area contributed by atoms with E-state index in [9.17, 15) is 4.79 Å². The van der Waals surface area contributed by atoms with E-state index in [1.807, 2.05) is 12.1 Å². The van der Waals surface area contributed by atoms with Crippen molar-refractivity contribution in [1.29, 1.82) is 0 Å². The number of rotatable bonds is 2. The van der Waals surface area contributed by atoms with Gasteiger partial charge in [0.1, 0.15) is 5.75 Å². The summed E-state index contributed by atoms with van der Waals surface area (Å²) < 4.78 is 6.56. The molecule has 2 heterocycles. The number of hydrogen-bond donors (Lipinski definition) is 0. The van der Waals surface area contributed by atoms with Crippen molar-refractivity contribution in [2.24, 2.45) is 0 Å². The Bertz CT molecular complexity index is 925. The van der Waals surface area contributed by atoms with Crippen LogP contribution in [-0.2, 0) is 5.41 Å². The molecule has 0 N–H and O–H groups in total. The highest BCUT2D eigenvalue weighted by Gasteiger charge is 2.57. The van der Waals surface area contributed by atoms with Gasteiger partial charge < -0.3 is 9.64 Å². The number of anilines is 1. The van der Waals surface area contributed by atoms with Crippen LogP contribution in [0.5, 0.6) is 5.75 Å². The molecule has 0 aliphatic carbocycles. The number of para-hydroxylation sites is 1. The van der Waals surface area contributed by atoms with Gasteiger partial charge in [0.05, 0.1) is 5.41 Å². The highest BCUT2D eigenvalue weighted by molar-refractivity contribution is 6.04. The second-order valence-corrected chi connectivity index (χ2v) is 7.15. The van der Waals surface area contributed by atoms with Crippen LogP contribution in [0.4, 0.5) is 5.69 Å². The summed E-state index contributed by atoms with van der Waals surface area (Å²) in [5.74, 6) is 0.707. The van der Waals surface area contributed by atoms with Crippen LogP contribution in [0.3, 0.4) is 0 Å². The fourth-order valence-electron chi connectivity index (χ4n) is 4.05. The van der Waals surface area contributed by atoms with Gasteiger partial charge in [0.15, 0.2) is 5.78 Å². The Hall–Kier alpha value is -2.81. The van der Waals surface area contributed by atoms with E-state index in [2.05, 4.69) is 68.8 Å². The summed E-state index contributed by atoms with van der Waals surface area (Å²) in [5.41, 5.74) is 3.18.